The van der Waals surface area contributed by atoms with Gasteiger partial charge in [-0.2, -0.15) is 8.78 Å². The first-order chi connectivity index (χ1) is 13.3. The number of halogens is 2. The Hall–Kier alpha value is -2.85. The van der Waals surface area contributed by atoms with E-state index in [1.165, 1.54) is 30.3 Å². The zero-order chi connectivity index (χ0) is 20.3. The largest absolute Gasteiger partial charge is 0.454 e. The van der Waals surface area contributed by atoms with Gasteiger partial charge in [0.05, 0.1) is 21.5 Å². The fraction of sp³-hybridized carbons (Fsp3) is 0.222. The molecule has 0 aliphatic rings. The molecule has 148 valence electrons. The van der Waals surface area contributed by atoms with Crippen molar-refractivity contribution in [2.75, 3.05) is 6.54 Å². The number of benzene rings is 2. The van der Waals surface area contributed by atoms with Crippen LogP contribution in [0.25, 0.3) is 11.0 Å². The van der Waals surface area contributed by atoms with Gasteiger partial charge in [0.2, 0.25) is 10.0 Å². The zero-order valence-corrected chi connectivity index (χ0v) is 15.6. The third kappa shape index (κ3) is 4.02. The predicted molar refractivity (Wildman–Crippen MR) is 97.4 cm³/mol. The minimum absolute atomic E-state index is 0.00499. The summed E-state index contributed by atoms with van der Waals surface area (Å²) in [5.41, 5.74) is 0.698. The minimum Gasteiger partial charge on any atom is -0.454 e. The first-order valence-corrected chi connectivity index (χ1v) is 9.82. The van der Waals surface area contributed by atoms with E-state index in [1.807, 2.05) is 0 Å². The van der Waals surface area contributed by atoms with Crippen molar-refractivity contribution in [1.29, 1.82) is 0 Å². The third-order valence-corrected chi connectivity index (χ3v) is 5.49. The average molecular weight is 409 g/mol. The molecule has 3 rings (SSSR count). The van der Waals surface area contributed by atoms with E-state index in [4.69, 9.17) is 4.74 Å². The van der Waals surface area contributed by atoms with E-state index in [0.29, 0.717) is 10.1 Å². The molecular formula is C18H17F2N3O4S. The molecule has 0 radical (unpaired) electrons. The fourth-order valence-electron chi connectivity index (χ4n) is 2.67. The summed E-state index contributed by atoms with van der Waals surface area (Å²) >= 11 is 0. The number of nitrogens with one attached hydrogen (secondary N) is 1. The van der Waals surface area contributed by atoms with Crippen molar-refractivity contribution in [3.05, 3.63) is 59.9 Å². The van der Waals surface area contributed by atoms with Crippen LogP contribution in [0.5, 0.6) is 0 Å². The molecule has 0 bridgehead atoms. The maximum absolute atomic E-state index is 13.4. The summed E-state index contributed by atoms with van der Waals surface area (Å²) in [6, 6.07) is 11.5. The van der Waals surface area contributed by atoms with Crippen LogP contribution in [-0.2, 0) is 21.4 Å². The third-order valence-electron chi connectivity index (χ3n) is 3.93. The number of imidazole rings is 1. The molecule has 1 N–H and O–H groups in total. The van der Waals surface area contributed by atoms with Crippen LogP contribution in [-0.4, -0.2) is 30.5 Å². The number of nitrogens with zero attached hydrogens (tertiary/aromatic N) is 2. The van der Waals surface area contributed by atoms with Gasteiger partial charge in [-0.05, 0) is 36.4 Å². The lowest BCUT2D eigenvalue weighted by Crippen LogP contribution is -2.23. The van der Waals surface area contributed by atoms with Gasteiger partial charge in [-0.3, -0.25) is 4.57 Å². The van der Waals surface area contributed by atoms with Crippen molar-refractivity contribution in [2.24, 2.45) is 0 Å². The molecule has 0 amide bonds. The van der Waals surface area contributed by atoms with Gasteiger partial charge in [0, 0.05) is 6.54 Å². The number of carbonyl (C=O) groups is 1. The number of ether oxygens (including phenoxy) is 1. The molecule has 1 aromatic heterocycles. The van der Waals surface area contributed by atoms with Gasteiger partial charge in [-0.1, -0.05) is 19.1 Å². The molecule has 0 saturated heterocycles. The smallest absolute Gasteiger partial charge is 0.338 e. The maximum Gasteiger partial charge on any atom is 0.338 e. The average Bonchev–Trinajstić information content (AvgIpc) is 3.04. The Labute approximate surface area is 160 Å². The van der Waals surface area contributed by atoms with E-state index in [9.17, 15) is 22.0 Å². The highest BCUT2D eigenvalue weighted by molar-refractivity contribution is 7.89. The molecule has 0 aliphatic heterocycles. The molecule has 0 atom stereocenters. The first-order valence-electron chi connectivity index (χ1n) is 8.34. The summed E-state index contributed by atoms with van der Waals surface area (Å²) in [6.07, 6.45) is 0. The van der Waals surface area contributed by atoms with E-state index >= 15 is 0 Å². The highest BCUT2D eigenvalue weighted by Crippen LogP contribution is 2.23. The Morgan fingerprint density at radius 3 is 2.50 bits per heavy atom. The molecule has 28 heavy (non-hydrogen) atoms. The number of rotatable bonds is 7. The number of aromatic nitrogens is 2. The molecule has 0 fully saturated rings. The van der Waals surface area contributed by atoms with Gasteiger partial charge in [0.1, 0.15) is 6.61 Å². The van der Waals surface area contributed by atoms with Crippen LogP contribution in [0.2, 0.25) is 0 Å². The molecule has 3 aromatic rings. The number of sulfonamides is 1. The SMILES string of the molecule is CCNS(=O)(=O)c1ccc(C(=O)OCc2nc3ccccc3n2C(F)F)cc1. The van der Waals surface area contributed by atoms with Crippen LogP contribution in [0.1, 0.15) is 29.7 Å². The van der Waals surface area contributed by atoms with E-state index < -0.39 is 29.1 Å². The lowest BCUT2D eigenvalue weighted by Gasteiger charge is -2.09. The van der Waals surface area contributed by atoms with Gasteiger partial charge in [-0.25, -0.2) is 22.9 Å². The van der Waals surface area contributed by atoms with Crippen LogP contribution in [0.3, 0.4) is 0 Å². The number of hydrogen-bond donors (Lipinski definition) is 1. The number of fused-ring (bicyclic) bond motifs is 1. The quantitative estimate of drug-likeness (QED) is 0.606. The van der Waals surface area contributed by atoms with E-state index in [1.54, 1.807) is 25.1 Å². The van der Waals surface area contributed by atoms with Crippen molar-refractivity contribution < 1.29 is 26.7 Å². The molecule has 1 heterocycles. The summed E-state index contributed by atoms with van der Waals surface area (Å²) in [4.78, 5) is 16.3. The summed E-state index contributed by atoms with van der Waals surface area (Å²) < 4.78 is 58.7. The van der Waals surface area contributed by atoms with Crippen LogP contribution in [0.15, 0.2) is 53.4 Å². The summed E-state index contributed by atoms with van der Waals surface area (Å²) in [7, 11) is -3.64. The number of carbonyl (C=O) groups excluding carboxylic acids is 1. The number of hydrogen-bond acceptors (Lipinski definition) is 5. The van der Waals surface area contributed by atoms with E-state index in [-0.39, 0.29) is 28.3 Å². The van der Waals surface area contributed by atoms with E-state index in [0.717, 1.165) is 0 Å². The van der Waals surface area contributed by atoms with Gasteiger partial charge in [-0.15, -0.1) is 0 Å². The molecule has 10 heteroatoms. The Bertz CT molecular complexity index is 1100. The second-order valence-electron chi connectivity index (χ2n) is 5.77. The fourth-order valence-corrected chi connectivity index (χ4v) is 3.71. The molecule has 0 aliphatic carbocycles. The first kappa shape index (κ1) is 19.9. The minimum atomic E-state index is -3.64. The summed E-state index contributed by atoms with van der Waals surface area (Å²) in [6.45, 7) is -1.40. The second-order valence-corrected chi connectivity index (χ2v) is 7.53. The molecule has 7 nitrogen and oxygen atoms in total. The summed E-state index contributed by atoms with van der Waals surface area (Å²) in [5, 5.41) is 0. The highest BCUT2D eigenvalue weighted by Gasteiger charge is 2.19. The van der Waals surface area contributed by atoms with E-state index in [2.05, 4.69) is 9.71 Å². The van der Waals surface area contributed by atoms with Crippen LogP contribution in [0, 0.1) is 0 Å². The van der Waals surface area contributed by atoms with Gasteiger partial charge < -0.3 is 4.74 Å². The number of alkyl halides is 2. The van der Waals surface area contributed by atoms with Crippen molar-refractivity contribution in [2.45, 2.75) is 25.0 Å². The topological polar surface area (TPSA) is 90.3 Å². The number of esters is 1. The Morgan fingerprint density at radius 1 is 1.18 bits per heavy atom. The summed E-state index contributed by atoms with van der Waals surface area (Å²) in [5.74, 6) is -0.865. The monoisotopic (exact) mass is 409 g/mol. The predicted octanol–water partition coefficient (Wildman–Crippen LogP) is 3.09. The lowest BCUT2D eigenvalue weighted by molar-refractivity contribution is 0.0387. The molecular weight excluding hydrogens is 392 g/mol. The number of para-hydroxylation sites is 2. The molecule has 0 spiro atoms. The Balaban J connectivity index is 1.76. The Morgan fingerprint density at radius 2 is 1.86 bits per heavy atom. The van der Waals surface area contributed by atoms with Crippen LogP contribution >= 0.6 is 0 Å². The van der Waals surface area contributed by atoms with Crippen molar-refractivity contribution in [3.8, 4) is 0 Å². The van der Waals surface area contributed by atoms with Gasteiger partial charge in [0.25, 0.3) is 0 Å². The molecule has 0 unspecified atom stereocenters. The zero-order valence-electron chi connectivity index (χ0n) is 14.8. The van der Waals surface area contributed by atoms with Crippen molar-refractivity contribution >= 4 is 27.0 Å². The highest BCUT2D eigenvalue weighted by atomic mass is 32.2. The van der Waals surface area contributed by atoms with Crippen LogP contribution in [0.4, 0.5) is 8.78 Å². The normalized spacial score (nSPS) is 11.9. The maximum atomic E-state index is 13.4. The second kappa shape index (κ2) is 8.03. The van der Waals surface area contributed by atoms with Gasteiger partial charge >= 0.3 is 12.5 Å². The van der Waals surface area contributed by atoms with Gasteiger partial charge in [0.15, 0.2) is 5.82 Å². The molecule has 2 aromatic carbocycles. The Kier molecular flexibility index (Phi) is 5.71. The standard InChI is InChI=1S/C18H17F2N3O4S/c1-2-21-28(25,26)13-9-7-12(8-10-13)17(24)27-11-16-22-14-5-3-4-6-15(14)23(16)18(19)20/h3-10,18,21H,2,11H2,1H3. The van der Waals surface area contributed by atoms with Crippen molar-refractivity contribution in [1.82, 2.24) is 14.3 Å². The van der Waals surface area contributed by atoms with Crippen LogP contribution < -0.4 is 4.72 Å². The molecule has 0 saturated carbocycles. The van der Waals surface area contributed by atoms with Crippen molar-refractivity contribution in [3.63, 3.8) is 0 Å². The lowest BCUT2D eigenvalue weighted by atomic mass is 10.2.